The van der Waals surface area contributed by atoms with Gasteiger partial charge in [-0.3, -0.25) is 16.3 Å². The normalized spacial score (nSPS) is 27.3. The quantitative estimate of drug-likeness (QED) is 0.623. The van der Waals surface area contributed by atoms with Gasteiger partial charge in [0.05, 0.1) is 24.9 Å². The van der Waals surface area contributed by atoms with E-state index in [9.17, 15) is 0 Å². The average Bonchev–Trinajstić information content (AvgIpc) is 2.48. The predicted molar refractivity (Wildman–Crippen MR) is 82.8 cm³/mol. The van der Waals surface area contributed by atoms with E-state index in [1.807, 2.05) is 19.2 Å². The first-order valence-corrected chi connectivity index (χ1v) is 7.74. The summed E-state index contributed by atoms with van der Waals surface area (Å²) in [4.78, 5) is 4.25. The van der Waals surface area contributed by atoms with Gasteiger partial charge < -0.3 is 9.47 Å². The van der Waals surface area contributed by atoms with Crippen LogP contribution in [0, 0.1) is 5.92 Å². The van der Waals surface area contributed by atoms with Crippen molar-refractivity contribution in [3.63, 3.8) is 0 Å². The van der Waals surface area contributed by atoms with Gasteiger partial charge in [0.25, 0.3) is 0 Å². The van der Waals surface area contributed by atoms with Gasteiger partial charge in [0, 0.05) is 12.8 Å². The molecule has 1 fully saturated rings. The van der Waals surface area contributed by atoms with Gasteiger partial charge in [0.1, 0.15) is 5.75 Å². The van der Waals surface area contributed by atoms with Crippen LogP contribution in [-0.4, -0.2) is 24.3 Å². The van der Waals surface area contributed by atoms with Crippen LogP contribution >= 0.6 is 0 Å². The molecule has 5 heteroatoms. The molecular weight excluding hydrogens is 266 g/mol. The summed E-state index contributed by atoms with van der Waals surface area (Å²) in [5.74, 6) is 7.27. The Labute approximate surface area is 127 Å². The maximum absolute atomic E-state index is 6.21. The molecule has 1 aliphatic rings. The van der Waals surface area contributed by atoms with Gasteiger partial charge in [-0.25, -0.2) is 0 Å². The molecule has 21 heavy (non-hydrogen) atoms. The second-order valence-electron chi connectivity index (χ2n) is 5.96. The van der Waals surface area contributed by atoms with Crippen LogP contribution in [-0.2, 0) is 4.74 Å². The van der Waals surface area contributed by atoms with E-state index in [1.165, 1.54) is 6.42 Å². The van der Waals surface area contributed by atoms with Crippen molar-refractivity contribution in [2.24, 2.45) is 11.8 Å². The molecule has 0 radical (unpaired) electrons. The highest BCUT2D eigenvalue weighted by atomic mass is 16.5. The number of nitrogens with two attached hydrogens (primary N) is 1. The average molecular weight is 293 g/mol. The molecule has 1 aliphatic carbocycles. The Morgan fingerprint density at radius 2 is 2.33 bits per heavy atom. The Hall–Kier alpha value is -1.17. The molecule has 1 aromatic rings. The molecule has 3 unspecified atom stereocenters. The molecule has 1 aromatic heterocycles. The Morgan fingerprint density at radius 1 is 1.52 bits per heavy atom. The topological polar surface area (TPSA) is 69.4 Å². The number of pyridine rings is 1. The molecule has 0 aromatic carbocycles. The zero-order valence-electron chi connectivity index (χ0n) is 13.3. The van der Waals surface area contributed by atoms with Crippen LogP contribution < -0.4 is 16.0 Å². The third-order valence-electron chi connectivity index (χ3n) is 4.42. The smallest absolute Gasteiger partial charge is 0.137 e. The van der Waals surface area contributed by atoms with Gasteiger partial charge >= 0.3 is 0 Å². The van der Waals surface area contributed by atoms with Crippen LogP contribution in [0.1, 0.15) is 51.1 Å². The molecule has 0 spiro atoms. The van der Waals surface area contributed by atoms with Gasteiger partial charge in [-0.05, 0) is 37.3 Å². The lowest BCUT2D eigenvalue weighted by Crippen LogP contribution is -2.51. The molecule has 0 saturated heterocycles. The first kappa shape index (κ1) is 16.2. The summed E-state index contributed by atoms with van der Waals surface area (Å²) < 4.78 is 11.5. The van der Waals surface area contributed by atoms with E-state index < -0.39 is 0 Å². The van der Waals surface area contributed by atoms with Crippen LogP contribution in [0.5, 0.6) is 5.75 Å². The largest absolute Gasteiger partial charge is 0.495 e. The van der Waals surface area contributed by atoms with E-state index in [-0.39, 0.29) is 11.6 Å². The first-order chi connectivity index (χ1) is 10.1. The highest BCUT2D eigenvalue weighted by Crippen LogP contribution is 2.43. The van der Waals surface area contributed by atoms with E-state index in [4.69, 9.17) is 15.3 Å². The van der Waals surface area contributed by atoms with Crippen molar-refractivity contribution >= 4 is 0 Å². The number of hydrogen-bond donors (Lipinski definition) is 2. The lowest BCUT2D eigenvalue weighted by molar-refractivity contribution is -0.102. The molecule has 118 valence electrons. The van der Waals surface area contributed by atoms with E-state index >= 15 is 0 Å². The molecule has 3 atom stereocenters. The predicted octanol–water partition coefficient (Wildman–Crippen LogP) is 2.58. The molecule has 3 N–H and O–H groups in total. The fraction of sp³-hybridized carbons (Fsp3) is 0.688. The fourth-order valence-corrected chi connectivity index (χ4v) is 3.56. The summed E-state index contributed by atoms with van der Waals surface area (Å²) in [7, 11) is 1.65. The number of rotatable bonds is 6. The van der Waals surface area contributed by atoms with Crippen molar-refractivity contribution in [1.29, 1.82) is 0 Å². The summed E-state index contributed by atoms with van der Waals surface area (Å²) in [6, 6.07) is 1.90. The minimum absolute atomic E-state index is 0.0807. The zero-order chi connectivity index (χ0) is 15.3. The van der Waals surface area contributed by atoms with Crippen LogP contribution in [0.25, 0.3) is 0 Å². The number of aromatic nitrogens is 1. The zero-order valence-corrected chi connectivity index (χ0v) is 13.3. The van der Waals surface area contributed by atoms with Crippen molar-refractivity contribution in [3.05, 3.63) is 24.0 Å². The monoisotopic (exact) mass is 293 g/mol. The SMILES string of the molecule is CCOC1(C(NN)c2cncc(OC)c2)CCCC(C)C1. The molecule has 0 amide bonds. The molecule has 0 bridgehead atoms. The fourth-order valence-electron chi connectivity index (χ4n) is 3.56. The lowest BCUT2D eigenvalue weighted by Gasteiger charge is -2.45. The van der Waals surface area contributed by atoms with E-state index in [0.29, 0.717) is 12.5 Å². The van der Waals surface area contributed by atoms with Crippen molar-refractivity contribution in [1.82, 2.24) is 10.4 Å². The van der Waals surface area contributed by atoms with Gasteiger partial charge in [-0.2, -0.15) is 0 Å². The van der Waals surface area contributed by atoms with Gasteiger partial charge in [-0.15, -0.1) is 0 Å². The maximum atomic E-state index is 6.21. The van der Waals surface area contributed by atoms with Gasteiger partial charge in [-0.1, -0.05) is 19.8 Å². The Balaban J connectivity index is 2.34. The number of nitrogens with zero attached hydrogens (tertiary/aromatic N) is 1. The minimum atomic E-state index is -0.269. The van der Waals surface area contributed by atoms with Crippen LogP contribution in [0.4, 0.5) is 0 Å². The van der Waals surface area contributed by atoms with Gasteiger partial charge in [0.2, 0.25) is 0 Å². The standard InChI is InChI=1S/C16H27N3O2/c1-4-21-16(7-5-6-12(2)9-16)15(19-17)13-8-14(20-3)11-18-10-13/h8,10-12,15,19H,4-7,9,17H2,1-3H3. The van der Waals surface area contributed by atoms with Crippen LogP contribution in [0.15, 0.2) is 18.5 Å². The Morgan fingerprint density at radius 3 is 2.95 bits per heavy atom. The van der Waals surface area contributed by atoms with E-state index in [1.54, 1.807) is 13.3 Å². The molecular formula is C16H27N3O2. The highest BCUT2D eigenvalue weighted by molar-refractivity contribution is 5.28. The highest BCUT2D eigenvalue weighted by Gasteiger charge is 2.43. The molecule has 0 aliphatic heterocycles. The summed E-state index contributed by atoms with van der Waals surface area (Å²) in [5.41, 5.74) is 3.71. The maximum Gasteiger partial charge on any atom is 0.137 e. The summed E-state index contributed by atoms with van der Waals surface area (Å²) in [6.07, 6.45) is 7.98. The summed E-state index contributed by atoms with van der Waals surface area (Å²) in [6.45, 7) is 5.01. The second-order valence-corrected chi connectivity index (χ2v) is 5.96. The third-order valence-corrected chi connectivity index (χ3v) is 4.42. The molecule has 2 rings (SSSR count). The summed E-state index contributed by atoms with van der Waals surface area (Å²) in [5, 5.41) is 0. The van der Waals surface area contributed by atoms with Gasteiger partial charge in [0.15, 0.2) is 0 Å². The second kappa shape index (κ2) is 7.20. The summed E-state index contributed by atoms with van der Waals surface area (Å²) >= 11 is 0. The molecule has 1 heterocycles. The Kier molecular flexibility index (Phi) is 5.56. The first-order valence-electron chi connectivity index (χ1n) is 7.74. The molecule has 5 nitrogen and oxygen atoms in total. The number of nitrogens with one attached hydrogen (secondary N) is 1. The minimum Gasteiger partial charge on any atom is -0.495 e. The Bertz CT molecular complexity index is 451. The van der Waals surface area contributed by atoms with Crippen molar-refractivity contribution in [2.75, 3.05) is 13.7 Å². The van der Waals surface area contributed by atoms with E-state index in [0.717, 1.165) is 30.6 Å². The lowest BCUT2D eigenvalue weighted by atomic mass is 9.73. The van der Waals surface area contributed by atoms with Crippen LogP contribution in [0.3, 0.4) is 0 Å². The molecule has 1 saturated carbocycles. The number of hydrogen-bond acceptors (Lipinski definition) is 5. The van der Waals surface area contributed by atoms with Crippen LogP contribution in [0.2, 0.25) is 0 Å². The van der Waals surface area contributed by atoms with Crippen molar-refractivity contribution in [3.8, 4) is 5.75 Å². The van der Waals surface area contributed by atoms with E-state index in [2.05, 4.69) is 17.3 Å². The number of ether oxygens (including phenoxy) is 2. The number of methoxy groups -OCH3 is 1. The third kappa shape index (κ3) is 3.54. The van der Waals surface area contributed by atoms with Crippen molar-refractivity contribution in [2.45, 2.75) is 51.2 Å². The number of hydrazine groups is 1. The van der Waals surface area contributed by atoms with Crippen molar-refractivity contribution < 1.29 is 9.47 Å².